The molecule has 0 aromatic carbocycles. The molecule has 2 heterocycles. The molecule has 3 heteroatoms. The zero-order chi connectivity index (χ0) is 9.97. The number of nitrogens with zero attached hydrogens (tertiary/aromatic N) is 2. The molecular formula is C11H11ClN2. The van der Waals surface area contributed by atoms with E-state index in [0.717, 1.165) is 11.3 Å². The molecule has 0 saturated carbocycles. The van der Waals surface area contributed by atoms with Crippen molar-refractivity contribution >= 4 is 17.3 Å². The van der Waals surface area contributed by atoms with E-state index in [4.69, 9.17) is 11.6 Å². The van der Waals surface area contributed by atoms with Crippen molar-refractivity contribution in [3.05, 3.63) is 48.3 Å². The Morgan fingerprint density at radius 3 is 2.79 bits per heavy atom. The van der Waals surface area contributed by atoms with Gasteiger partial charge in [-0.25, -0.2) is 0 Å². The quantitative estimate of drug-likeness (QED) is 0.519. The first-order valence-corrected chi connectivity index (χ1v) is 4.88. The van der Waals surface area contributed by atoms with Crippen LogP contribution in [0.2, 0.25) is 0 Å². The van der Waals surface area contributed by atoms with E-state index in [0.29, 0.717) is 0 Å². The van der Waals surface area contributed by atoms with Crippen LogP contribution in [-0.2, 0) is 0 Å². The van der Waals surface area contributed by atoms with Crippen LogP contribution in [0, 0.1) is 0 Å². The highest BCUT2D eigenvalue weighted by molar-refractivity contribution is 6.22. The van der Waals surface area contributed by atoms with Crippen molar-refractivity contribution in [3.8, 4) is 0 Å². The van der Waals surface area contributed by atoms with Crippen LogP contribution in [0.5, 0.6) is 0 Å². The average molecular weight is 207 g/mol. The topological polar surface area (TPSA) is 16.1 Å². The molecule has 1 aliphatic heterocycles. The van der Waals surface area contributed by atoms with Crippen LogP contribution in [0.4, 0.5) is 0 Å². The molecule has 0 bridgehead atoms. The van der Waals surface area contributed by atoms with Gasteiger partial charge in [-0.15, -0.1) is 0 Å². The number of likely N-dealkylation sites (N-methyl/N-ethyl adjacent to an activating group) is 1. The monoisotopic (exact) mass is 206 g/mol. The molecule has 2 nitrogen and oxygen atoms in total. The van der Waals surface area contributed by atoms with Gasteiger partial charge in [0.1, 0.15) is 5.50 Å². The lowest BCUT2D eigenvalue weighted by atomic mass is 10.1. The summed E-state index contributed by atoms with van der Waals surface area (Å²) >= 11 is 6.09. The Labute approximate surface area is 88.5 Å². The van der Waals surface area contributed by atoms with Crippen molar-refractivity contribution in [2.24, 2.45) is 0 Å². The maximum absolute atomic E-state index is 6.09. The number of alkyl halides is 1. The highest BCUT2D eigenvalue weighted by atomic mass is 35.5. The van der Waals surface area contributed by atoms with Crippen molar-refractivity contribution in [1.29, 1.82) is 0 Å². The molecule has 0 saturated heterocycles. The minimum atomic E-state index is -0.0665. The van der Waals surface area contributed by atoms with E-state index in [9.17, 15) is 0 Å². The van der Waals surface area contributed by atoms with E-state index in [-0.39, 0.29) is 5.50 Å². The van der Waals surface area contributed by atoms with Crippen molar-refractivity contribution < 1.29 is 0 Å². The predicted molar refractivity (Wildman–Crippen MR) is 58.8 cm³/mol. The maximum atomic E-state index is 6.09. The first-order chi connectivity index (χ1) is 6.79. The molecule has 0 aliphatic carbocycles. The second-order valence-corrected chi connectivity index (χ2v) is 3.60. The Kier molecular flexibility index (Phi) is 2.55. The number of halogens is 1. The van der Waals surface area contributed by atoms with Gasteiger partial charge in [-0.3, -0.25) is 4.98 Å². The minimum absolute atomic E-state index is 0.0665. The molecule has 0 fully saturated rings. The molecule has 1 aromatic heterocycles. The van der Waals surface area contributed by atoms with Gasteiger partial charge in [0, 0.05) is 30.7 Å². The Balaban J connectivity index is 2.35. The Hall–Kier alpha value is -1.28. The van der Waals surface area contributed by atoms with Gasteiger partial charge < -0.3 is 4.90 Å². The summed E-state index contributed by atoms with van der Waals surface area (Å²) in [7, 11) is 1.98. The van der Waals surface area contributed by atoms with Gasteiger partial charge in [0.15, 0.2) is 0 Å². The van der Waals surface area contributed by atoms with Gasteiger partial charge in [0.05, 0.1) is 0 Å². The lowest BCUT2D eigenvalue weighted by Crippen LogP contribution is -2.25. The van der Waals surface area contributed by atoms with Crippen molar-refractivity contribution in [2.75, 3.05) is 7.05 Å². The fourth-order valence-electron chi connectivity index (χ4n) is 1.44. The molecule has 0 amide bonds. The largest absolute Gasteiger partial charge is 0.355 e. The fraction of sp³-hybridized carbons (Fsp3) is 0.182. The van der Waals surface area contributed by atoms with Crippen LogP contribution < -0.4 is 0 Å². The lowest BCUT2D eigenvalue weighted by molar-refractivity contribution is 0.492. The van der Waals surface area contributed by atoms with Gasteiger partial charge in [-0.2, -0.15) is 0 Å². The van der Waals surface area contributed by atoms with Crippen LogP contribution >= 0.6 is 11.6 Å². The third-order valence-corrected chi connectivity index (χ3v) is 2.69. The van der Waals surface area contributed by atoms with Crippen LogP contribution in [0.25, 0.3) is 5.70 Å². The molecule has 72 valence electrons. The van der Waals surface area contributed by atoms with E-state index in [1.165, 1.54) is 0 Å². The van der Waals surface area contributed by atoms with E-state index in [1.807, 2.05) is 42.3 Å². The number of rotatable bonds is 1. The highest BCUT2D eigenvalue weighted by Gasteiger charge is 2.15. The fourth-order valence-corrected chi connectivity index (χ4v) is 1.63. The average Bonchev–Trinajstić information content (AvgIpc) is 2.23. The summed E-state index contributed by atoms with van der Waals surface area (Å²) in [5, 5.41) is 0. The highest BCUT2D eigenvalue weighted by Crippen LogP contribution is 2.24. The third-order valence-electron chi connectivity index (χ3n) is 2.25. The van der Waals surface area contributed by atoms with Gasteiger partial charge in [-0.1, -0.05) is 17.7 Å². The first kappa shape index (κ1) is 9.28. The molecule has 0 radical (unpaired) electrons. The van der Waals surface area contributed by atoms with Gasteiger partial charge in [0.2, 0.25) is 0 Å². The summed E-state index contributed by atoms with van der Waals surface area (Å²) in [6, 6.07) is 3.95. The summed E-state index contributed by atoms with van der Waals surface area (Å²) in [6.45, 7) is 0. The summed E-state index contributed by atoms with van der Waals surface area (Å²) in [5.74, 6) is 0. The zero-order valence-electron chi connectivity index (χ0n) is 7.89. The third kappa shape index (κ3) is 1.66. The van der Waals surface area contributed by atoms with Crippen LogP contribution in [-0.4, -0.2) is 22.4 Å². The Morgan fingerprint density at radius 2 is 2.07 bits per heavy atom. The normalized spacial score (nSPS) is 20.9. The molecule has 0 N–H and O–H groups in total. The summed E-state index contributed by atoms with van der Waals surface area (Å²) in [4.78, 5) is 6.01. The van der Waals surface area contributed by atoms with E-state index >= 15 is 0 Å². The maximum Gasteiger partial charge on any atom is 0.123 e. The minimum Gasteiger partial charge on any atom is -0.355 e. The first-order valence-electron chi connectivity index (χ1n) is 4.45. The van der Waals surface area contributed by atoms with Gasteiger partial charge in [-0.05, 0) is 24.3 Å². The van der Waals surface area contributed by atoms with Crippen molar-refractivity contribution in [1.82, 2.24) is 9.88 Å². The summed E-state index contributed by atoms with van der Waals surface area (Å²) in [5.41, 5.74) is 2.19. The molecule has 1 aliphatic rings. The number of pyridine rings is 1. The molecule has 14 heavy (non-hydrogen) atoms. The molecule has 0 spiro atoms. The molecule has 1 unspecified atom stereocenters. The standard InChI is InChI=1S/C11H11ClN2/c1-14-10(3-2-4-11(14)12)9-5-7-13-8-6-9/h2-8,11H,1H3. The van der Waals surface area contributed by atoms with Crippen molar-refractivity contribution in [3.63, 3.8) is 0 Å². The SMILES string of the molecule is CN1C(c2ccncc2)=CC=CC1Cl. The zero-order valence-corrected chi connectivity index (χ0v) is 8.65. The van der Waals surface area contributed by atoms with Crippen molar-refractivity contribution in [2.45, 2.75) is 5.50 Å². The number of aromatic nitrogens is 1. The molecular weight excluding hydrogens is 196 g/mol. The summed E-state index contributed by atoms with van der Waals surface area (Å²) < 4.78 is 0. The molecule has 2 rings (SSSR count). The molecule has 1 aromatic rings. The van der Waals surface area contributed by atoms with Crippen LogP contribution in [0.3, 0.4) is 0 Å². The van der Waals surface area contributed by atoms with Gasteiger partial charge in [0.25, 0.3) is 0 Å². The van der Waals surface area contributed by atoms with E-state index in [2.05, 4.69) is 4.98 Å². The Morgan fingerprint density at radius 1 is 1.36 bits per heavy atom. The lowest BCUT2D eigenvalue weighted by Gasteiger charge is -2.28. The number of hydrogen-bond donors (Lipinski definition) is 0. The number of hydrogen-bond acceptors (Lipinski definition) is 2. The number of allylic oxidation sites excluding steroid dienone is 2. The van der Waals surface area contributed by atoms with Crippen LogP contribution in [0.1, 0.15) is 5.56 Å². The van der Waals surface area contributed by atoms with Gasteiger partial charge >= 0.3 is 0 Å². The Bertz CT molecular complexity index is 370. The van der Waals surface area contributed by atoms with E-state index < -0.39 is 0 Å². The smallest absolute Gasteiger partial charge is 0.123 e. The van der Waals surface area contributed by atoms with Crippen LogP contribution in [0.15, 0.2) is 42.8 Å². The predicted octanol–water partition coefficient (Wildman–Crippen LogP) is 2.49. The van der Waals surface area contributed by atoms with E-state index in [1.54, 1.807) is 12.4 Å². The second-order valence-electron chi connectivity index (χ2n) is 3.16. The second kappa shape index (κ2) is 3.84. The molecule has 1 atom stereocenters. The summed E-state index contributed by atoms with van der Waals surface area (Å²) in [6.07, 6.45) is 9.55.